The standard InChI is InChI=1S/C17H13N5O3S/c1-25-10-6-3-2-5-9(10)15-19-12(14(18)23)13-16(21-15)22(17(24)20-13)11-7-4-8-26-11/h2-8H,1H3,(H2,18,23)(H,20,24). The third-order valence-corrected chi connectivity index (χ3v) is 4.70. The number of methoxy groups -OCH3 is 1. The summed E-state index contributed by atoms with van der Waals surface area (Å²) in [5, 5.41) is 2.51. The van der Waals surface area contributed by atoms with E-state index in [9.17, 15) is 9.59 Å². The molecule has 0 bridgehead atoms. The molecule has 3 heterocycles. The molecular weight excluding hydrogens is 354 g/mol. The number of benzene rings is 1. The van der Waals surface area contributed by atoms with E-state index < -0.39 is 11.6 Å². The minimum atomic E-state index is -0.756. The average molecular weight is 367 g/mol. The number of carbonyl (C=O) groups is 1. The van der Waals surface area contributed by atoms with E-state index in [2.05, 4.69) is 15.0 Å². The summed E-state index contributed by atoms with van der Waals surface area (Å²) in [6.45, 7) is 0. The minimum absolute atomic E-state index is 0.0525. The second kappa shape index (κ2) is 6.12. The molecule has 3 N–H and O–H groups in total. The molecule has 0 aliphatic rings. The molecule has 1 aromatic carbocycles. The van der Waals surface area contributed by atoms with Gasteiger partial charge in [-0.05, 0) is 29.6 Å². The normalized spacial score (nSPS) is 11.0. The molecule has 0 atom stereocenters. The molecule has 0 aliphatic heterocycles. The van der Waals surface area contributed by atoms with Crippen LogP contribution in [0, 0.1) is 0 Å². The van der Waals surface area contributed by atoms with Gasteiger partial charge in [-0.2, -0.15) is 0 Å². The topological polar surface area (TPSA) is 116 Å². The van der Waals surface area contributed by atoms with Gasteiger partial charge in [-0.25, -0.2) is 19.3 Å². The first-order valence-corrected chi connectivity index (χ1v) is 8.48. The number of fused-ring (bicyclic) bond motifs is 1. The van der Waals surface area contributed by atoms with Crippen molar-refractivity contribution in [2.45, 2.75) is 0 Å². The number of para-hydroxylation sites is 1. The molecule has 0 saturated carbocycles. The van der Waals surface area contributed by atoms with E-state index in [4.69, 9.17) is 10.5 Å². The number of aromatic amines is 1. The lowest BCUT2D eigenvalue weighted by atomic mass is 10.2. The summed E-state index contributed by atoms with van der Waals surface area (Å²) in [6, 6.07) is 10.8. The van der Waals surface area contributed by atoms with Crippen molar-refractivity contribution in [2.75, 3.05) is 7.11 Å². The Morgan fingerprint density at radius 2 is 2.04 bits per heavy atom. The first kappa shape index (κ1) is 16.0. The smallest absolute Gasteiger partial charge is 0.333 e. The van der Waals surface area contributed by atoms with Crippen LogP contribution in [0.1, 0.15) is 10.5 Å². The molecule has 0 saturated heterocycles. The van der Waals surface area contributed by atoms with Gasteiger partial charge >= 0.3 is 5.69 Å². The quantitative estimate of drug-likeness (QED) is 0.572. The zero-order chi connectivity index (χ0) is 18.3. The molecule has 0 aliphatic carbocycles. The third-order valence-electron chi connectivity index (χ3n) is 3.84. The molecular formula is C17H13N5O3S. The number of primary amides is 1. The van der Waals surface area contributed by atoms with Gasteiger partial charge in [-0.15, -0.1) is 11.3 Å². The fourth-order valence-electron chi connectivity index (χ4n) is 2.71. The molecule has 4 rings (SSSR count). The highest BCUT2D eigenvalue weighted by Crippen LogP contribution is 2.29. The summed E-state index contributed by atoms with van der Waals surface area (Å²) in [4.78, 5) is 35.8. The van der Waals surface area contributed by atoms with E-state index in [1.807, 2.05) is 17.5 Å². The number of carbonyl (C=O) groups excluding carboxylic acids is 1. The Morgan fingerprint density at radius 3 is 2.73 bits per heavy atom. The Balaban J connectivity index is 2.09. The number of H-pyrrole nitrogens is 1. The first-order valence-electron chi connectivity index (χ1n) is 7.60. The van der Waals surface area contributed by atoms with Crippen LogP contribution in [0.15, 0.2) is 46.6 Å². The van der Waals surface area contributed by atoms with Crippen molar-refractivity contribution in [1.29, 1.82) is 0 Å². The van der Waals surface area contributed by atoms with Crippen LogP contribution in [0.3, 0.4) is 0 Å². The van der Waals surface area contributed by atoms with Crippen molar-refractivity contribution in [2.24, 2.45) is 5.73 Å². The predicted molar refractivity (Wildman–Crippen MR) is 97.9 cm³/mol. The number of aromatic nitrogens is 4. The lowest BCUT2D eigenvalue weighted by Crippen LogP contribution is -2.15. The maximum absolute atomic E-state index is 12.5. The highest BCUT2D eigenvalue weighted by atomic mass is 32.1. The number of nitrogens with one attached hydrogen (secondary N) is 1. The molecule has 8 nitrogen and oxygen atoms in total. The molecule has 3 aromatic heterocycles. The van der Waals surface area contributed by atoms with E-state index in [1.54, 1.807) is 24.3 Å². The molecule has 1 amide bonds. The summed E-state index contributed by atoms with van der Waals surface area (Å²) < 4.78 is 6.75. The van der Waals surface area contributed by atoms with Crippen molar-refractivity contribution < 1.29 is 9.53 Å². The zero-order valence-corrected chi connectivity index (χ0v) is 14.4. The van der Waals surface area contributed by atoms with Crippen LogP contribution in [-0.2, 0) is 0 Å². The molecule has 4 aromatic rings. The van der Waals surface area contributed by atoms with Crippen molar-refractivity contribution in [1.82, 2.24) is 19.5 Å². The van der Waals surface area contributed by atoms with Crippen molar-refractivity contribution >= 4 is 28.4 Å². The molecule has 130 valence electrons. The Morgan fingerprint density at radius 1 is 1.23 bits per heavy atom. The number of nitrogens with zero attached hydrogens (tertiary/aromatic N) is 3. The number of ether oxygens (including phenoxy) is 1. The van der Waals surface area contributed by atoms with Crippen molar-refractivity contribution in [3.63, 3.8) is 0 Å². The van der Waals surface area contributed by atoms with E-state index in [0.717, 1.165) is 0 Å². The maximum Gasteiger partial charge on any atom is 0.333 e. The Bertz CT molecular complexity index is 1180. The van der Waals surface area contributed by atoms with Gasteiger partial charge in [0.1, 0.15) is 16.3 Å². The van der Waals surface area contributed by atoms with Crippen LogP contribution in [-0.4, -0.2) is 32.5 Å². The molecule has 0 spiro atoms. The number of hydrogen-bond donors (Lipinski definition) is 2. The minimum Gasteiger partial charge on any atom is -0.496 e. The molecule has 9 heteroatoms. The monoisotopic (exact) mass is 367 g/mol. The molecule has 0 fully saturated rings. The number of thiophene rings is 1. The summed E-state index contributed by atoms with van der Waals surface area (Å²) in [7, 11) is 1.53. The fourth-order valence-corrected chi connectivity index (χ4v) is 3.44. The fraction of sp³-hybridized carbons (Fsp3) is 0.0588. The predicted octanol–water partition coefficient (Wildman–Crippen LogP) is 1.94. The van der Waals surface area contributed by atoms with Gasteiger partial charge in [0, 0.05) is 0 Å². The second-order valence-electron chi connectivity index (χ2n) is 5.38. The van der Waals surface area contributed by atoms with Gasteiger partial charge in [0.2, 0.25) is 0 Å². The highest BCUT2D eigenvalue weighted by Gasteiger charge is 2.21. The van der Waals surface area contributed by atoms with Crippen LogP contribution in [0.25, 0.3) is 27.6 Å². The summed E-state index contributed by atoms with van der Waals surface area (Å²) in [5.41, 5.74) is 6.09. The number of imidazole rings is 1. The summed E-state index contributed by atoms with van der Waals surface area (Å²) in [5.74, 6) is 0.0315. The van der Waals surface area contributed by atoms with Crippen LogP contribution in [0.2, 0.25) is 0 Å². The maximum atomic E-state index is 12.5. The van der Waals surface area contributed by atoms with E-state index in [0.29, 0.717) is 16.3 Å². The lowest BCUT2D eigenvalue weighted by molar-refractivity contribution is 0.0997. The second-order valence-corrected chi connectivity index (χ2v) is 6.30. The highest BCUT2D eigenvalue weighted by molar-refractivity contribution is 7.12. The van der Waals surface area contributed by atoms with Gasteiger partial charge in [-0.1, -0.05) is 12.1 Å². The Kier molecular flexibility index (Phi) is 3.77. The molecule has 26 heavy (non-hydrogen) atoms. The number of rotatable bonds is 4. The van der Waals surface area contributed by atoms with E-state index >= 15 is 0 Å². The van der Waals surface area contributed by atoms with Crippen molar-refractivity contribution in [3.05, 3.63) is 58.0 Å². The van der Waals surface area contributed by atoms with Crippen LogP contribution >= 0.6 is 11.3 Å². The van der Waals surface area contributed by atoms with Gasteiger partial charge in [0.25, 0.3) is 5.91 Å². The Labute approximate surface area is 150 Å². The SMILES string of the molecule is COc1ccccc1-c1nc(C(N)=O)c2[nH]c(=O)n(-c3cccs3)c2n1. The summed E-state index contributed by atoms with van der Waals surface area (Å²) in [6.07, 6.45) is 0. The van der Waals surface area contributed by atoms with Crippen LogP contribution in [0.5, 0.6) is 5.75 Å². The van der Waals surface area contributed by atoms with Crippen LogP contribution < -0.4 is 16.2 Å². The number of nitrogens with two attached hydrogens (primary N) is 1. The van der Waals surface area contributed by atoms with Crippen molar-refractivity contribution in [3.8, 4) is 22.1 Å². The van der Waals surface area contributed by atoms with Crippen LogP contribution in [0.4, 0.5) is 0 Å². The zero-order valence-electron chi connectivity index (χ0n) is 13.6. The van der Waals surface area contributed by atoms with E-state index in [-0.39, 0.29) is 22.7 Å². The number of amides is 1. The van der Waals surface area contributed by atoms with E-state index in [1.165, 1.54) is 23.0 Å². The Hall–Kier alpha value is -3.46. The van der Waals surface area contributed by atoms with Gasteiger partial charge in [-0.3, -0.25) is 4.79 Å². The summed E-state index contributed by atoms with van der Waals surface area (Å²) >= 11 is 1.37. The van der Waals surface area contributed by atoms with Gasteiger partial charge < -0.3 is 15.5 Å². The molecule has 0 radical (unpaired) electrons. The largest absolute Gasteiger partial charge is 0.496 e. The average Bonchev–Trinajstić information content (AvgIpc) is 3.27. The molecule has 0 unspecified atom stereocenters. The lowest BCUT2D eigenvalue weighted by Gasteiger charge is -2.09. The van der Waals surface area contributed by atoms with Gasteiger partial charge in [0.05, 0.1) is 12.7 Å². The number of hydrogen-bond acceptors (Lipinski definition) is 6. The van der Waals surface area contributed by atoms with Gasteiger partial charge in [0.15, 0.2) is 17.2 Å². The first-order chi connectivity index (χ1) is 12.6. The third kappa shape index (κ3) is 2.45.